The number of hydrogen-bond acceptors (Lipinski definition) is 14. The maximum absolute atomic E-state index is 4.47. The highest BCUT2D eigenvalue weighted by Gasteiger charge is 2.18. The van der Waals surface area contributed by atoms with Crippen molar-refractivity contribution >= 4 is 33.9 Å². The molecule has 0 saturated heterocycles. The number of aromatic nitrogens is 18. The summed E-state index contributed by atoms with van der Waals surface area (Å²) in [5.74, 6) is 7.77. The number of nitrogens with one attached hydrogen (secondary N) is 2. The molecular formula is C79H143B2N21S. The molecule has 6 radical (unpaired) electrons. The largest absolute Gasteiger partial charge is 0.367 e. The molecule has 0 spiro atoms. The molecule has 24 heteroatoms. The molecule has 10 rings (SSSR count). The van der Waals surface area contributed by atoms with Crippen LogP contribution in [0.1, 0.15) is 333 Å². The molecular weight excluding hydrogens is 1300 g/mol. The maximum Gasteiger partial charge on any atom is 0.110 e. The van der Waals surface area contributed by atoms with E-state index in [1.54, 1.807) is 21.9 Å². The molecule has 0 aromatic carbocycles. The molecule has 103 heavy (non-hydrogen) atoms. The van der Waals surface area contributed by atoms with Crippen molar-refractivity contribution in [3.05, 3.63) is 150 Å². The van der Waals surface area contributed by atoms with Crippen LogP contribution in [0.5, 0.6) is 0 Å². The predicted molar refractivity (Wildman–Crippen MR) is 441 cm³/mol. The summed E-state index contributed by atoms with van der Waals surface area (Å²) in [6.45, 7) is 74.1. The Bertz CT molecular complexity index is 3530. The lowest BCUT2D eigenvalue weighted by molar-refractivity contribution is 0.648. The molecule has 0 fully saturated rings. The first kappa shape index (κ1) is 102. The van der Waals surface area contributed by atoms with E-state index in [-0.39, 0.29) is 22.9 Å². The van der Waals surface area contributed by atoms with Crippen LogP contribution < -0.4 is 0 Å². The van der Waals surface area contributed by atoms with Gasteiger partial charge in [0.15, 0.2) is 0 Å². The number of nitrogens with zero attached hydrogens (tertiary/aromatic N) is 19. The highest BCUT2D eigenvalue weighted by molar-refractivity contribution is 7.11. The van der Waals surface area contributed by atoms with Crippen LogP contribution in [-0.4, -0.2) is 117 Å². The highest BCUT2D eigenvalue weighted by atomic mass is 32.1. The normalized spacial score (nSPS) is 11.6. The third kappa shape index (κ3) is 35.3. The maximum atomic E-state index is 4.47. The first-order valence-electron chi connectivity index (χ1n) is 36.7. The highest BCUT2D eigenvalue weighted by Crippen LogP contribution is 2.26. The molecule has 21 nitrogen and oxygen atoms in total. The zero-order valence-electron chi connectivity index (χ0n) is 72.5. The Labute approximate surface area is 634 Å². The minimum atomic E-state index is 0. The number of aromatic amines is 2. The Morgan fingerprint density at radius 2 is 1.06 bits per heavy atom. The molecule has 0 amide bonds. The van der Waals surface area contributed by atoms with Crippen LogP contribution in [0.2, 0.25) is 0 Å². The number of thiazole rings is 1. The summed E-state index contributed by atoms with van der Waals surface area (Å²) in [6.07, 6.45) is 11.3. The number of H-pyrrole nitrogens is 2. The van der Waals surface area contributed by atoms with E-state index in [0.29, 0.717) is 59.2 Å². The molecule has 10 heterocycles. The second-order valence-electron chi connectivity index (χ2n) is 28.2. The van der Waals surface area contributed by atoms with Crippen LogP contribution in [0.4, 0.5) is 0 Å². The molecule has 0 saturated carbocycles. The van der Waals surface area contributed by atoms with Crippen LogP contribution in [0, 0.1) is 75.2 Å². The fourth-order valence-electron chi connectivity index (χ4n) is 10.5. The van der Waals surface area contributed by atoms with Crippen molar-refractivity contribution in [2.45, 2.75) is 302 Å². The molecule has 0 aliphatic carbocycles. The Hall–Kier alpha value is -7.36. The van der Waals surface area contributed by atoms with Gasteiger partial charge in [0, 0.05) is 117 Å². The molecule has 0 bridgehead atoms. The van der Waals surface area contributed by atoms with Gasteiger partial charge in [0.1, 0.15) is 17.7 Å². The van der Waals surface area contributed by atoms with Crippen LogP contribution in [-0.2, 0) is 42.3 Å². The molecule has 1 aliphatic rings. The second kappa shape index (κ2) is 51.7. The molecule has 1 unspecified atom stereocenters. The number of hydrogen-bond donors (Lipinski definition) is 2. The summed E-state index contributed by atoms with van der Waals surface area (Å²) < 4.78 is 11.7. The fraction of sp³-hybridized carbons (Fsp3) is 0.658. The van der Waals surface area contributed by atoms with Crippen molar-refractivity contribution in [3.8, 4) is 0 Å². The van der Waals surface area contributed by atoms with Gasteiger partial charge in [-0.25, -0.2) is 19.9 Å². The number of aryl methyl sites for hydroxylation is 10. The minimum absolute atomic E-state index is 0. The van der Waals surface area contributed by atoms with Crippen LogP contribution >= 0.6 is 11.3 Å². The lowest BCUT2D eigenvalue weighted by Gasteiger charge is -2.07. The van der Waals surface area contributed by atoms with E-state index in [1.165, 1.54) is 89.2 Å². The summed E-state index contributed by atoms with van der Waals surface area (Å²) in [4.78, 5) is 24.6. The van der Waals surface area contributed by atoms with Crippen molar-refractivity contribution in [1.82, 2.24) is 88.6 Å². The molecule has 1 aliphatic heterocycles. The first-order chi connectivity index (χ1) is 47.0. The summed E-state index contributed by atoms with van der Waals surface area (Å²) >= 11 is 1.81. The van der Waals surface area contributed by atoms with Gasteiger partial charge in [0.05, 0.1) is 63.1 Å². The molecule has 1 atom stereocenters. The van der Waals surface area contributed by atoms with Crippen molar-refractivity contribution in [1.29, 1.82) is 0 Å². The van der Waals surface area contributed by atoms with Gasteiger partial charge in [-0.3, -0.25) is 18.7 Å². The average Bonchev–Trinajstić information content (AvgIpc) is 1.71. The number of rotatable bonds is 10. The molecule has 9 aromatic heterocycles. The lowest BCUT2D eigenvalue weighted by atomic mass is 10.0. The van der Waals surface area contributed by atoms with Crippen molar-refractivity contribution in [2.24, 2.45) is 63.6 Å². The zero-order chi connectivity index (χ0) is 78.6. The van der Waals surface area contributed by atoms with E-state index in [9.17, 15) is 0 Å². The Balaban J connectivity index is -0.000000525. The second-order valence-corrected chi connectivity index (χ2v) is 29.4. The number of imidazole rings is 3. The van der Waals surface area contributed by atoms with Crippen LogP contribution in [0.3, 0.4) is 0 Å². The smallest absolute Gasteiger partial charge is 0.110 e. The third-order valence-electron chi connectivity index (χ3n) is 16.5. The summed E-state index contributed by atoms with van der Waals surface area (Å²) in [7, 11) is 11.9. The van der Waals surface area contributed by atoms with Gasteiger partial charge in [-0.05, 0) is 163 Å². The van der Waals surface area contributed by atoms with E-state index < -0.39 is 0 Å². The summed E-state index contributed by atoms with van der Waals surface area (Å²) in [5, 5.41) is 36.6. The van der Waals surface area contributed by atoms with Gasteiger partial charge in [-0.15, -0.1) is 26.6 Å². The molecule has 576 valence electrons. The quantitative estimate of drug-likeness (QED) is 0.123. The van der Waals surface area contributed by atoms with Gasteiger partial charge in [0.2, 0.25) is 0 Å². The standard InChI is InChI=1S/4C9H16N2.C8H13NS.C7H11N.3C6H11N3.C6H10N2.2C2H6.2B/c1-6(2)9-7(3)11(5)8(4)10-9;1-6(2)9-7(3)10-8(4)11(9)5;1-6(2)9-7(3)10-11(5)8(9)4;1-6(2)9-7(3)8(4)11(5)10-9;1-5(2)8-6(3)9-7(4)10-8;1-6(2)7-3-4-8-5-7;1-5(2)6-4-9(3)8-7-6;1-5(2)6-4-7-8-9(6)3;1-4(2)6-5(3)7-9-8-6;1-5(2)6-3-7-4-8-6;2*1-2;;/h4*6H,1-5H3;5H,1-4H3;3-6,8H,1-2H3;3*4-5H,1-3H3;3-5H,1-2H3,(H,7,8);2*1-2H3;;. The predicted octanol–water partition coefficient (Wildman–Crippen LogP) is 20.2. The Morgan fingerprint density at radius 3 is 1.25 bits per heavy atom. The van der Waals surface area contributed by atoms with E-state index >= 15 is 0 Å². The zero-order valence-corrected chi connectivity index (χ0v) is 73.3. The van der Waals surface area contributed by atoms with Gasteiger partial charge in [-0.2, -0.15) is 15.3 Å². The third-order valence-corrected chi connectivity index (χ3v) is 17.9. The van der Waals surface area contributed by atoms with Gasteiger partial charge < -0.3 is 19.1 Å². The summed E-state index contributed by atoms with van der Waals surface area (Å²) in [6, 6.07) is 2.31. The SMILES string of the molecule is CC.CC.CC(C)C1=NN=NC1C.CC(C)c1cc[nH]c1.CC(C)c1cn(C)nn1.CC(C)c1cnc[nH]1.CC(C)c1cnnn1C.Cc1c(C(C)C)nn(C)c1C.Cc1nc(C(C)C)c(C)n1C.Cc1nc(C)c(C(C)C)s1.Cc1nc(C)n(C)c1C(C)C.Cc1nn(C)c(C)c1C(C)C.[B].[B]. The van der Waals surface area contributed by atoms with Gasteiger partial charge in [0.25, 0.3) is 0 Å². The monoisotopic (exact) mass is 1440 g/mol. The van der Waals surface area contributed by atoms with Crippen molar-refractivity contribution in [2.75, 3.05) is 0 Å². The topological polar surface area (TPSA) is 227 Å². The molecule has 9 aromatic rings. The average molecular weight is 1440 g/mol. The van der Waals surface area contributed by atoms with Gasteiger partial charge >= 0.3 is 0 Å². The van der Waals surface area contributed by atoms with Crippen LogP contribution in [0.25, 0.3) is 0 Å². The van der Waals surface area contributed by atoms with Crippen LogP contribution in [0.15, 0.2) is 58.8 Å². The van der Waals surface area contributed by atoms with E-state index in [0.717, 1.165) is 23.1 Å². The lowest BCUT2D eigenvalue weighted by Crippen LogP contribution is -2.17. The van der Waals surface area contributed by atoms with E-state index in [4.69, 9.17) is 0 Å². The van der Waals surface area contributed by atoms with Gasteiger partial charge in [-0.1, -0.05) is 177 Å². The fourth-order valence-corrected chi connectivity index (χ4v) is 11.4. The van der Waals surface area contributed by atoms with E-state index in [2.05, 4.69) is 299 Å². The van der Waals surface area contributed by atoms with Crippen molar-refractivity contribution in [3.63, 3.8) is 0 Å². The first-order valence-corrected chi connectivity index (χ1v) is 37.5. The molecule has 2 N–H and O–H groups in total. The van der Waals surface area contributed by atoms with E-state index in [1.807, 2.05) is 122 Å². The Morgan fingerprint density at radius 1 is 0.505 bits per heavy atom. The minimum Gasteiger partial charge on any atom is -0.367 e. The summed E-state index contributed by atoms with van der Waals surface area (Å²) in [5.41, 5.74) is 19.8. The Kier molecular flexibility index (Phi) is 51.2. The van der Waals surface area contributed by atoms with Crippen molar-refractivity contribution < 1.29 is 0 Å².